The standard InChI is InChI=1S/C55H41N/c1-55(2)52-20-12-11-18-49(52)50-34-29-44(37-53(50)55)42-21-23-43(24-22-42)47-35-36-54(51-19-10-9-17-48(47)51)56(45-30-25-40(26-31-45)38-13-5-3-6-14-38)46-32-27-41(28-33-46)39-15-7-4-8-16-39/h3-37H,1-2H3/i3D,5D,6D,13D,14D. The highest BCUT2D eigenvalue weighted by Gasteiger charge is 2.35. The van der Waals surface area contributed by atoms with E-state index < -0.39 is 6.04 Å². The monoisotopic (exact) mass is 720 g/mol. The van der Waals surface area contributed by atoms with Crippen molar-refractivity contribution in [1.82, 2.24) is 0 Å². The minimum absolute atomic E-state index is 0.0628. The van der Waals surface area contributed by atoms with Crippen LogP contribution in [0.25, 0.3) is 66.4 Å². The summed E-state index contributed by atoms with van der Waals surface area (Å²) in [7, 11) is 0. The van der Waals surface area contributed by atoms with Gasteiger partial charge >= 0.3 is 0 Å². The molecule has 266 valence electrons. The smallest absolute Gasteiger partial charge is 0.0629 e. The molecule has 9 aromatic carbocycles. The zero-order chi connectivity index (χ0) is 42.0. The summed E-state index contributed by atoms with van der Waals surface area (Å²) in [4.78, 5) is 2.23. The van der Waals surface area contributed by atoms with E-state index in [2.05, 4.69) is 158 Å². The molecule has 1 aliphatic carbocycles. The van der Waals surface area contributed by atoms with Gasteiger partial charge in [-0.2, -0.15) is 0 Å². The summed E-state index contributed by atoms with van der Waals surface area (Å²) < 4.78 is 41.8. The number of hydrogen-bond acceptors (Lipinski definition) is 1. The van der Waals surface area contributed by atoms with E-state index in [0.29, 0.717) is 5.56 Å². The molecule has 0 unspecified atom stereocenters. The third kappa shape index (κ3) is 5.81. The Balaban J connectivity index is 1.05. The molecule has 9 aromatic rings. The van der Waals surface area contributed by atoms with Crippen LogP contribution in [0.5, 0.6) is 0 Å². The number of rotatable bonds is 7. The van der Waals surface area contributed by atoms with E-state index >= 15 is 0 Å². The van der Waals surface area contributed by atoms with Gasteiger partial charge in [0.05, 0.1) is 12.5 Å². The highest BCUT2D eigenvalue weighted by molar-refractivity contribution is 6.06. The molecule has 0 heterocycles. The molecule has 0 spiro atoms. The van der Waals surface area contributed by atoms with E-state index in [0.717, 1.165) is 50.1 Å². The van der Waals surface area contributed by atoms with Gasteiger partial charge in [-0.3, -0.25) is 0 Å². The van der Waals surface area contributed by atoms with Gasteiger partial charge in [-0.15, -0.1) is 0 Å². The predicted octanol–water partition coefficient (Wildman–Crippen LogP) is 15.3. The average molecular weight is 721 g/mol. The van der Waals surface area contributed by atoms with Crippen LogP contribution in [-0.2, 0) is 5.41 Å². The number of anilines is 3. The quantitative estimate of drug-likeness (QED) is 0.158. The summed E-state index contributed by atoms with van der Waals surface area (Å²) in [6, 6.07) is 62.4. The number of nitrogens with zero attached hydrogens (tertiary/aromatic N) is 1. The first-order valence-electron chi connectivity index (χ1n) is 21.6. The molecule has 0 aliphatic heterocycles. The Hall–Kier alpha value is -6.96. The number of hydrogen-bond donors (Lipinski definition) is 0. The van der Waals surface area contributed by atoms with Crippen LogP contribution in [0.2, 0.25) is 0 Å². The van der Waals surface area contributed by atoms with Gasteiger partial charge in [-0.1, -0.05) is 190 Å². The molecule has 1 nitrogen and oxygen atoms in total. The van der Waals surface area contributed by atoms with Gasteiger partial charge in [0.1, 0.15) is 0 Å². The summed E-state index contributed by atoms with van der Waals surface area (Å²) in [5, 5.41) is 2.19. The lowest BCUT2D eigenvalue weighted by Gasteiger charge is -2.28. The van der Waals surface area contributed by atoms with E-state index in [9.17, 15) is 0 Å². The second-order valence-corrected chi connectivity index (χ2v) is 15.0. The summed E-state index contributed by atoms with van der Waals surface area (Å²) in [5.41, 5.74) is 15.8. The third-order valence-corrected chi connectivity index (χ3v) is 11.4. The molecule has 0 atom stereocenters. The Morgan fingerprint density at radius 2 is 0.875 bits per heavy atom. The van der Waals surface area contributed by atoms with Gasteiger partial charge < -0.3 is 4.90 Å². The topological polar surface area (TPSA) is 3.24 Å². The maximum absolute atomic E-state index is 8.59. The van der Waals surface area contributed by atoms with Crippen molar-refractivity contribution in [2.75, 3.05) is 4.90 Å². The maximum atomic E-state index is 8.59. The first-order chi connectivity index (χ1) is 29.6. The lowest BCUT2D eigenvalue weighted by atomic mass is 9.81. The molecule has 0 amide bonds. The molecule has 0 radical (unpaired) electrons. The first kappa shape index (κ1) is 28.5. The van der Waals surface area contributed by atoms with Crippen molar-refractivity contribution in [1.29, 1.82) is 0 Å². The van der Waals surface area contributed by atoms with Gasteiger partial charge in [-0.25, -0.2) is 0 Å². The predicted molar refractivity (Wildman–Crippen MR) is 238 cm³/mol. The second kappa shape index (κ2) is 13.7. The van der Waals surface area contributed by atoms with E-state index in [4.69, 9.17) is 6.85 Å². The Labute approximate surface area is 336 Å². The van der Waals surface area contributed by atoms with Crippen molar-refractivity contribution in [3.05, 3.63) is 223 Å². The van der Waals surface area contributed by atoms with Crippen molar-refractivity contribution in [3.63, 3.8) is 0 Å². The molecular formula is C55H41N. The normalized spacial score (nSPS) is 13.9. The molecule has 10 rings (SSSR count). The Kier molecular flexibility index (Phi) is 6.97. The fourth-order valence-corrected chi connectivity index (χ4v) is 8.49. The lowest BCUT2D eigenvalue weighted by Crippen LogP contribution is -2.14. The van der Waals surface area contributed by atoms with Gasteiger partial charge in [0.25, 0.3) is 0 Å². The number of fused-ring (bicyclic) bond motifs is 4. The second-order valence-electron chi connectivity index (χ2n) is 15.0. The van der Waals surface area contributed by atoms with Gasteiger partial charge in [-0.05, 0) is 109 Å². The van der Waals surface area contributed by atoms with Crippen molar-refractivity contribution in [2.24, 2.45) is 0 Å². The van der Waals surface area contributed by atoms with Crippen LogP contribution in [-0.4, -0.2) is 0 Å². The molecule has 0 fully saturated rings. The molecule has 0 saturated heterocycles. The Morgan fingerprint density at radius 1 is 0.375 bits per heavy atom. The van der Waals surface area contributed by atoms with Crippen molar-refractivity contribution < 1.29 is 6.85 Å². The van der Waals surface area contributed by atoms with Gasteiger partial charge in [0.2, 0.25) is 0 Å². The van der Waals surface area contributed by atoms with Crippen LogP contribution in [0.15, 0.2) is 212 Å². The minimum Gasteiger partial charge on any atom is -0.310 e. The summed E-state index contributed by atoms with van der Waals surface area (Å²) >= 11 is 0. The van der Waals surface area contributed by atoms with Gasteiger partial charge in [0, 0.05) is 22.2 Å². The maximum Gasteiger partial charge on any atom is 0.0629 e. The zero-order valence-electron chi connectivity index (χ0n) is 36.3. The fraction of sp³-hybridized carbons (Fsp3) is 0.0545. The van der Waals surface area contributed by atoms with E-state index in [1.54, 1.807) is 0 Å². The summed E-state index contributed by atoms with van der Waals surface area (Å²) in [5.74, 6) is 0. The van der Waals surface area contributed by atoms with Crippen molar-refractivity contribution in [2.45, 2.75) is 19.3 Å². The zero-order valence-corrected chi connectivity index (χ0v) is 31.3. The average Bonchev–Trinajstić information content (AvgIpc) is 3.54. The fourth-order valence-electron chi connectivity index (χ4n) is 8.49. The van der Waals surface area contributed by atoms with E-state index in [-0.39, 0.29) is 35.1 Å². The molecule has 56 heavy (non-hydrogen) atoms. The minimum atomic E-state index is -0.401. The van der Waals surface area contributed by atoms with Crippen LogP contribution in [0, 0.1) is 0 Å². The Bertz CT molecular complexity index is 3110. The van der Waals surface area contributed by atoms with Crippen LogP contribution in [0.4, 0.5) is 17.1 Å². The number of benzene rings is 9. The van der Waals surface area contributed by atoms with E-state index in [1.807, 2.05) is 42.5 Å². The van der Waals surface area contributed by atoms with Crippen LogP contribution < -0.4 is 4.90 Å². The molecule has 0 N–H and O–H groups in total. The van der Waals surface area contributed by atoms with Crippen molar-refractivity contribution in [3.8, 4) is 55.6 Å². The van der Waals surface area contributed by atoms with Crippen LogP contribution in [0.3, 0.4) is 0 Å². The molecule has 0 saturated carbocycles. The molecule has 1 aliphatic rings. The highest BCUT2D eigenvalue weighted by atomic mass is 15.1. The SMILES string of the molecule is [2H]c1c([2H])c([2H])c(-c2ccc(N(c3ccc(-c4ccccc4)cc3)c3ccc(-c4ccc(-c5ccc6c(c5)C(C)(C)c5ccccc5-6)cc4)c4ccccc34)cc2)c([2H])c1[2H]. The molecule has 0 aromatic heterocycles. The van der Waals surface area contributed by atoms with Crippen LogP contribution >= 0.6 is 0 Å². The highest BCUT2D eigenvalue weighted by Crippen LogP contribution is 2.50. The lowest BCUT2D eigenvalue weighted by molar-refractivity contribution is 0.660. The molecule has 0 bridgehead atoms. The third-order valence-electron chi connectivity index (χ3n) is 11.4. The largest absolute Gasteiger partial charge is 0.310 e. The van der Waals surface area contributed by atoms with Gasteiger partial charge in [0.15, 0.2) is 0 Å². The molecular weight excluding hydrogens is 675 g/mol. The van der Waals surface area contributed by atoms with Crippen LogP contribution in [0.1, 0.15) is 31.8 Å². The summed E-state index contributed by atoms with van der Waals surface area (Å²) in [6.07, 6.45) is 0. The first-order valence-corrected chi connectivity index (χ1v) is 19.1. The Morgan fingerprint density at radius 3 is 1.59 bits per heavy atom. The van der Waals surface area contributed by atoms with Crippen molar-refractivity contribution >= 4 is 27.8 Å². The van der Waals surface area contributed by atoms with E-state index in [1.165, 1.54) is 33.4 Å². The summed E-state index contributed by atoms with van der Waals surface area (Å²) in [6.45, 7) is 4.64. The molecule has 1 heteroatoms.